The quantitative estimate of drug-likeness (QED) is 0.756. The number of likely N-dealkylation sites (tertiary alicyclic amines) is 1. The maximum atomic E-state index is 12.8. The summed E-state index contributed by atoms with van der Waals surface area (Å²) in [6.07, 6.45) is -1.73. The topological polar surface area (TPSA) is 88.6 Å². The summed E-state index contributed by atoms with van der Waals surface area (Å²) in [5.41, 5.74) is 0.401. The molecule has 31 heavy (non-hydrogen) atoms. The first-order chi connectivity index (χ1) is 14.7. The third-order valence-electron chi connectivity index (χ3n) is 5.85. The largest absolute Gasteiger partial charge is 0.417 e. The van der Waals surface area contributed by atoms with Gasteiger partial charge in [0.25, 0.3) is 5.91 Å². The van der Waals surface area contributed by atoms with Crippen LogP contribution in [0.1, 0.15) is 35.0 Å². The van der Waals surface area contributed by atoms with Crippen molar-refractivity contribution in [2.45, 2.75) is 38.2 Å². The Hall–Kier alpha value is -2.66. The van der Waals surface area contributed by atoms with Crippen LogP contribution in [0.3, 0.4) is 0 Å². The minimum Gasteiger partial charge on any atom is -0.391 e. The summed E-state index contributed by atoms with van der Waals surface area (Å²) >= 11 is 0. The molecular formula is C20H25F3N6O2. The van der Waals surface area contributed by atoms with Gasteiger partial charge in [-0.2, -0.15) is 18.3 Å². The minimum atomic E-state index is -4.40. The molecule has 11 heteroatoms. The van der Waals surface area contributed by atoms with Crippen LogP contribution in [0.4, 0.5) is 19.0 Å². The van der Waals surface area contributed by atoms with Gasteiger partial charge in [0.05, 0.1) is 11.7 Å². The number of aromatic amines is 1. The van der Waals surface area contributed by atoms with Crippen LogP contribution < -0.4 is 4.90 Å². The Morgan fingerprint density at radius 2 is 2.06 bits per heavy atom. The molecule has 2 aliphatic rings. The number of halogens is 3. The number of amides is 1. The number of rotatable bonds is 4. The Balaban J connectivity index is 1.38. The van der Waals surface area contributed by atoms with E-state index in [0.29, 0.717) is 57.2 Å². The number of nitrogens with one attached hydrogen (secondary N) is 1. The van der Waals surface area contributed by atoms with Crippen LogP contribution in [-0.2, 0) is 12.7 Å². The zero-order valence-electron chi connectivity index (χ0n) is 17.1. The van der Waals surface area contributed by atoms with Crippen molar-refractivity contribution in [1.29, 1.82) is 0 Å². The van der Waals surface area contributed by atoms with Gasteiger partial charge in [-0.3, -0.25) is 14.8 Å². The molecule has 0 radical (unpaired) electrons. The van der Waals surface area contributed by atoms with Gasteiger partial charge in [-0.15, -0.1) is 0 Å². The Kier molecular flexibility index (Phi) is 5.89. The monoisotopic (exact) mass is 438 g/mol. The predicted molar refractivity (Wildman–Crippen MR) is 106 cm³/mol. The molecule has 0 bridgehead atoms. The number of anilines is 1. The molecule has 2 aliphatic heterocycles. The molecule has 0 spiro atoms. The van der Waals surface area contributed by atoms with Crippen LogP contribution in [0.5, 0.6) is 0 Å². The average Bonchev–Trinajstić information content (AvgIpc) is 3.36. The number of piperazine rings is 1. The van der Waals surface area contributed by atoms with Crippen molar-refractivity contribution in [2.24, 2.45) is 0 Å². The van der Waals surface area contributed by atoms with Crippen LogP contribution in [0.2, 0.25) is 0 Å². The van der Waals surface area contributed by atoms with Crippen LogP contribution >= 0.6 is 0 Å². The molecule has 0 saturated carbocycles. The van der Waals surface area contributed by atoms with Crippen LogP contribution in [0, 0.1) is 0 Å². The third kappa shape index (κ3) is 4.67. The first kappa shape index (κ1) is 21.6. The van der Waals surface area contributed by atoms with Crippen LogP contribution in [0.25, 0.3) is 0 Å². The van der Waals surface area contributed by atoms with E-state index >= 15 is 0 Å². The minimum absolute atomic E-state index is 0.0396. The van der Waals surface area contributed by atoms with Crippen molar-refractivity contribution in [3.8, 4) is 0 Å². The maximum Gasteiger partial charge on any atom is 0.417 e. The first-order valence-electron chi connectivity index (χ1n) is 10.2. The van der Waals surface area contributed by atoms with Gasteiger partial charge in [0, 0.05) is 63.3 Å². The lowest BCUT2D eigenvalue weighted by molar-refractivity contribution is -0.137. The summed E-state index contributed by atoms with van der Waals surface area (Å²) in [7, 11) is 0. The number of carbonyl (C=O) groups excluding carboxylic acids is 1. The van der Waals surface area contributed by atoms with E-state index in [-0.39, 0.29) is 11.9 Å². The molecule has 1 amide bonds. The van der Waals surface area contributed by atoms with E-state index < -0.39 is 17.8 Å². The fourth-order valence-electron chi connectivity index (χ4n) is 4.18. The second-order valence-electron chi connectivity index (χ2n) is 8.13. The van der Waals surface area contributed by atoms with Crippen molar-refractivity contribution < 1.29 is 23.1 Å². The van der Waals surface area contributed by atoms with E-state index in [2.05, 4.69) is 20.1 Å². The van der Waals surface area contributed by atoms with Crippen molar-refractivity contribution in [3.05, 3.63) is 41.3 Å². The number of aliphatic hydroxyl groups is 1. The molecule has 0 aliphatic carbocycles. The van der Waals surface area contributed by atoms with E-state index in [1.165, 1.54) is 6.07 Å². The lowest BCUT2D eigenvalue weighted by atomic mass is 10.1. The molecular weight excluding hydrogens is 413 g/mol. The maximum absolute atomic E-state index is 12.8. The highest BCUT2D eigenvalue weighted by atomic mass is 19.4. The third-order valence-corrected chi connectivity index (χ3v) is 5.85. The highest BCUT2D eigenvalue weighted by molar-refractivity contribution is 5.93. The fraction of sp³-hybridized carbons (Fsp3) is 0.550. The molecule has 2 aromatic rings. The number of β-amino-alcohol motifs (C(OH)–C–C–N with tert-alkyl or cyclic N) is 1. The smallest absolute Gasteiger partial charge is 0.391 e. The van der Waals surface area contributed by atoms with Gasteiger partial charge in [0.2, 0.25) is 0 Å². The van der Waals surface area contributed by atoms with Gasteiger partial charge in [-0.05, 0) is 25.5 Å². The molecule has 2 N–H and O–H groups in total. The fourth-order valence-corrected chi connectivity index (χ4v) is 4.18. The van der Waals surface area contributed by atoms with Crippen molar-refractivity contribution >= 4 is 11.7 Å². The average molecular weight is 438 g/mol. The summed E-state index contributed by atoms with van der Waals surface area (Å²) in [6, 6.07) is 2.50. The summed E-state index contributed by atoms with van der Waals surface area (Å²) in [5.74, 6) is 0.334. The van der Waals surface area contributed by atoms with E-state index in [1.54, 1.807) is 11.1 Å². The highest BCUT2D eigenvalue weighted by Gasteiger charge is 2.32. The van der Waals surface area contributed by atoms with Crippen LogP contribution in [-0.4, -0.2) is 80.9 Å². The summed E-state index contributed by atoms with van der Waals surface area (Å²) in [5, 5.41) is 16.6. The number of alkyl halides is 3. The van der Waals surface area contributed by atoms with E-state index in [4.69, 9.17) is 0 Å². The molecule has 4 heterocycles. The Labute approximate surface area is 177 Å². The van der Waals surface area contributed by atoms with E-state index in [9.17, 15) is 23.1 Å². The summed E-state index contributed by atoms with van der Waals surface area (Å²) in [4.78, 5) is 22.5. The highest BCUT2D eigenvalue weighted by Crippen LogP contribution is 2.30. The van der Waals surface area contributed by atoms with Gasteiger partial charge >= 0.3 is 6.18 Å². The Bertz CT molecular complexity index is 916. The van der Waals surface area contributed by atoms with Crippen molar-refractivity contribution in [1.82, 2.24) is 25.0 Å². The molecule has 2 unspecified atom stereocenters. The van der Waals surface area contributed by atoms with Crippen molar-refractivity contribution in [3.63, 3.8) is 0 Å². The summed E-state index contributed by atoms with van der Waals surface area (Å²) in [6.45, 7) is 5.32. The predicted octanol–water partition coefficient (Wildman–Crippen LogP) is 1.74. The van der Waals surface area contributed by atoms with Crippen LogP contribution in [0.15, 0.2) is 24.5 Å². The molecule has 2 aromatic heterocycles. The number of H-pyrrole nitrogens is 1. The molecule has 8 nitrogen and oxygen atoms in total. The number of pyridine rings is 1. The lowest BCUT2D eigenvalue weighted by Gasteiger charge is -2.40. The Morgan fingerprint density at radius 1 is 1.26 bits per heavy atom. The van der Waals surface area contributed by atoms with Crippen molar-refractivity contribution in [2.75, 3.05) is 37.6 Å². The Morgan fingerprint density at radius 3 is 2.68 bits per heavy atom. The number of aliphatic hydroxyl groups excluding tert-OH is 1. The number of aromatic nitrogens is 3. The van der Waals surface area contributed by atoms with E-state index in [1.807, 2.05) is 11.8 Å². The number of hydrogen-bond acceptors (Lipinski definition) is 6. The number of carbonyl (C=O) groups is 1. The molecule has 168 valence electrons. The zero-order valence-corrected chi connectivity index (χ0v) is 17.1. The standard InChI is InChI=1S/C20H25F3N6O2/c1-13-10-27(6-7-29(13)17-3-2-15(9-24-17)20(21,22)23)11-14-8-25-26-18(14)19(31)28-5-4-16(30)12-28/h2-3,8-9,13,16,30H,4-7,10-12H2,1H3,(H,25,26). The first-order valence-corrected chi connectivity index (χ1v) is 10.2. The molecule has 4 rings (SSSR count). The lowest BCUT2D eigenvalue weighted by Crippen LogP contribution is -2.52. The summed E-state index contributed by atoms with van der Waals surface area (Å²) < 4.78 is 38.3. The number of hydrogen-bond donors (Lipinski definition) is 2. The zero-order chi connectivity index (χ0) is 22.2. The normalized spacial score (nSPS) is 22.9. The van der Waals surface area contributed by atoms with Gasteiger partial charge in [0.15, 0.2) is 5.69 Å². The van der Waals surface area contributed by atoms with Gasteiger partial charge in [0.1, 0.15) is 5.82 Å². The molecule has 2 atom stereocenters. The van der Waals surface area contributed by atoms with E-state index in [0.717, 1.165) is 17.8 Å². The van der Waals surface area contributed by atoms with Gasteiger partial charge < -0.3 is 14.9 Å². The molecule has 0 aromatic carbocycles. The van der Waals surface area contributed by atoms with Gasteiger partial charge in [-0.25, -0.2) is 4.98 Å². The molecule has 2 saturated heterocycles. The second-order valence-corrected chi connectivity index (χ2v) is 8.13. The van der Waals surface area contributed by atoms with Gasteiger partial charge in [-0.1, -0.05) is 0 Å². The number of nitrogens with zero attached hydrogens (tertiary/aromatic N) is 5. The second kappa shape index (κ2) is 8.46. The molecule has 2 fully saturated rings. The SMILES string of the molecule is CC1CN(Cc2c[nH]nc2C(=O)N2CCC(O)C2)CCN1c1ccc(C(F)(F)F)cn1.